The molecule has 3 rings (SSSR count). The second-order valence-corrected chi connectivity index (χ2v) is 8.50. The molecule has 0 aromatic heterocycles. The van der Waals surface area contributed by atoms with Gasteiger partial charge in [-0.25, -0.2) is 10.2 Å². The molecule has 0 bridgehead atoms. The molecular formula is C27H27ClN2O5. The number of aryl methyl sites for hydroxylation is 1. The van der Waals surface area contributed by atoms with E-state index in [0.29, 0.717) is 33.6 Å². The normalized spacial score (nSPS) is 10.9. The Balaban J connectivity index is 1.57. The maximum atomic E-state index is 12.4. The first-order valence-electron chi connectivity index (χ1n) is 11.0. The minimum Gasteiger partial charge on any atom is -0.493 e. The molecule has 0 aliphatic heterocycles. The molecule has 0 aliphatic rings. The van der Waals surface area contributed by atoms with Crippen molar-refractivity contribution in [2.45, 2.75) is 26.7 Å². The molecule has 1 N–H and O–H groups in total. The second kappa shape index (κ2) is 12.0. The van der Waals surface area contributed by atoms with Gasteiger partial charge in [0.15, 0.2) is 18.1 Å². The van der Waals surface area contributed by atoms with Crippen molar-refractivity contribution in [1.82, 2.24) is 5.43 Å². The van der Waals surface area contributed by atoms with Crippen LogP contribution in [0.4, 0.5) is 0 Å². The lowest BCUT2D eigenvalue weighted by atomic mass is 10.0. The highest BCUT2D eigenvalue weighted by Gasteiger charge is 2.13. The summed E-state index contributed by atoms with van der Waals surface area (Å²) in [5.41, 5.74) is 5.52. The van der Waals surface area contributed by atoms with Crippen LogP contribution < -0.4 is 19.6 Å². The van der Waals surface area contributed by atoms with E-state index in [-0.39, 0.29) is 12.4 Å². The summed E-state index contributed by atoms with van der Waals surface area (Å²) in [5, 5.41) is 4.49. The van der Waals surface area contributed by atoms with Gasteiger partial charge in [0.05, 0.1) is 18.9 Å². The molecule has 8 heteroatoms. The minimum atomic E-state index is -0.539. The van der Waals surface area contributed by atoms with E-state index in [0.717, 1.165) is 11.1 Å². The number of hydrogen-bond donors (Lipinski definition) is 1. The van der Waals surface area contributed by atoms with E-state index in [1.54, 1.807) is 42.5 Å². The van der Waals surface area contributed by atoms with E-state index in [1.807, 2.05) is 19.1 Å². The maximum absolute atomic E-state index is 12.4. The predicted octanol–water partition coefficient (Wildman–Crippen LogP) is 5.53. The van der Waals surface area contributed by atoms with Gasteiger partial charge < -0.3 is 14.2 Å². The van der Waals surface area contributed by atoms with Crippen molar-refractivity contribution in [3.8, 4) is 17.2 Å². The maximum Gasteiger partial charge on any atom is 0.343 e. The number of methoxy groups -OCH3 is 1. The Kier molecular flexibility index (Phi) is 8.86. The molecule has 182 valence electrons. The van der Waals surface area contributed by atoms with Crippen LogP contribution in [0.5, 0.6) is 17.2 Å². The molecule has 3 aromatic carbocycles. The summed E-state index contributed by atoms with van der Waals surface area (Å²) in [5.74, 6) is 0.691. The molecule has 3 aromatic rings. The van der Waals surface area contributed by atoms with Crippen LogP contribution in [0, 0.1) is 6.92 Å². The van der Waals surface area contributed by atoms with Gasteiger partial charge in [0, 0.05) is 5.02 Å². The van der Waals surface area contributed by atoms with Crippen molar-refractivity contribution in [2.75, 3.05) is 13.7 Å². The van der Waals surface area contributed by atoms with Crippen LogP contribution in [0.1, 0.15) is 46.8 Å². The number of ether oxygens (including phenoxy) is 3. The van der Waals surface area contributed by atoms with Crippen LogP contribution >= 0.6 is 11.6 Å². The highest BCUT2D eigenvalue weighted by molar-refractivity contribution is 6.30. The number of carbonyl (C=O) groups excluding carboxylic acids is 2. The summed E-state index contributed by atoms with van der Waals surface area (Å²) >= 11 is 5.85. The smallest absolute Gasteiger partial charge is 0.343 e. The van der Waals surface area contributed by atoms with Crippen molar-refractivity contribution < 1.29 is 23.8 Å². The van der Waals surface area contributed by atoms with E-state index in [4.69, 9.17) is 25.8 Å². The molecule has 0 saturated heterocycles. The zero-order chi connectivity index (χ0) is 25.4. The highest BCUT2D eigenvalue weighted by atomic mass is 35.5. The van der Waals surface area contributed by atoms with Gasteiger partial charge in [0.1, 0.15) is 5.75 Å². The molecule has 0 spiro atoms. The molecule has 0 radical (unpaired) electrons. The van der Waals surface area contributed by atoms with E-state index in [1.165, 1.54) is 13.3 Å². The summed E-state index contributed by atoms with van der Waals surface area (Å²) < 4.78 is 16.4. The third kappa shape index (κ3) is 7.32. The van der Waals surface area contributed by atoms with Crippen LogP contribution in [0.2, 0.25) is 5.02 Å². The highest BCUT2D eigenvalue weighted by Crippen LogP contribution is 2.28. The van der Waals surface area contributed by atoms with Crippen LogP contribution in [0.3, 0.4) is 0 Å². The second-order valence-electron chi connectivity index (χ2n) is 8.07. The van der Waals surface area contributed by atoms with Gasteiger partial charge in [-0.15, -0.1) is 0 Å². The lowest BCUT2D eigenvalue weighted by Crippen LogP contribution is -2.24. The molecule has 7 nitrogen and oxygen atoms in total. The molecule has 35 heavy (non-hydrogen) atoms. The Morgan fingerprint density at radius 1 is 1.00 bits per heavy atom. The Bertz CT molecular complexity index is 1220. The van der Waals surface area contributed by atoms with E-state index in [9.17, 15) is 9.59 Å². The van der Waals surface area contributed by atoms with Crippen molar-refractivity contribution in [2.24, 2.45) is 5.10 Å². The zero-order valence-electron chi connectivity index (χ0n) is 20.0. The fraction of sp³-hybridized carbons (Fsp3) is 0.222. The number of amides is 1. The van der Waals surface area contributed by atoms with Crippen LogP contribution in [0.25, 0.3) is 0 Å². The summed E-state index contributed by atoms with van der Waals surface area (Å²) in [4.78, 5) is 24.5. The average molecular weight is 495 g/mol. The standard InChI is InChI=1S/C27H27ClN2O5/c1-17(2)21-7-5-18(3)24(14-21)34-16-26(31)30-29-15-19-6-12-23(25(13-19)33-4)35-27(32)20-8-10-22(28)11-9-20/h5-15,17H,16H2,1-4H3,(H,30,31). The molecular weight excluding hydrogens is 468 g/mol. The predicted molar refractivity (Wildman–Crippen MR) is 136 cm³/mol. The topological polar surface area (TPSA) is 86.2 Å². The van der Waals surface area contributed by atoms with E-state index >= 15 is 0 Å². The average Bonchev–Trinajstić information content (AvgIpc) is 2.84. The fourth-order valence-corrected chi connectivity index (χ4v) is 3.21. The van der Waals surface area contributed by atoms with Crippen LogP contribution in [0.15, 0.2) is 65.8 Å². The first-order valence-corrected chi connectivity index (χ1v) is 11.4. The molecule has 0 unspecified atom stereocenters. The number of nitrogens with zero attached hydrogens (tertiary/aromatic N) is 1. The number of esters is 1. The Hall–Kier alpha value is -3.84. The largest absolute Gasteiger partial charge is 0.493 e. The summed E-state index contributed by atoms with van der Waals surface area (Å²) in [6.45, 7) is 5.96. The number of nitrogens with one attached hydrogen (secondary N) is 1. The summed E-state index contributed by atoms with van der Waals surface area (Å²) in [6, 6.07) is 17.3. The third-order valence-electron chi connectivity index (χ3n) is 5.11. The van der Waals surface area contributed by atoms with Gasteiger partial charge in [-0.3, -0.25) is 4.79 Å². The fourth-order valence-electron chi connectivity index (χ4n) is 3.08. The van der Waals surface area contributed by atoms with E-state index < -0.39 is 11.9 Å². The van der Waals surface area contributed by atoms with Crippen molar-refractivity contribution in [3.05, 3.63) is 87.9 Å². The molecule has 1 amide bonds. The Labute approximate surface area is 209 Å². The molecule has 0 saturated carbocycles. The molecule has 0 heterocycles. The van der Waals surface area contributed by atoms with Crippen LogP contribution in [-0.4, -0.2) is 31.8 Å². The SMILES string of the molecule is COc1cc(C=NNC(=O)COc2cc(C(C)C)ccc2C)ccc1OC(=O)c1ccc(Cl)cc1. The van der Waals surface area contributed by atoms with Gasteiger partial charge >= 0.3 is 5.97 Å². The Morgan fingerprint density at radius 2 is 1.74 bits per heavy atom. The first-order chi connectivity index (χ1) is 16.8. The Morgan fingerprint density at radius 3 is 2.43 bits per heavy atom. The van der Waals surface area contributed by atoms with Gasteiger partial charge in [-0.1, -0.05) is 37.6 Å². The van der Waals surface area contributed by atoms with E-state index in [2.05, 4.69) is 30.4 Å². The number of halogens is 1. The number of hydrogen-bond acceptors (Lipinski definition) is 6. The molecule has 0 aliphatic carbocycles. The monoisotopic (exact) mass is 494 g/mol. The number of carbonyl (C=O) groups is 2. The van der Waals surface area contributed by atoms with Crippen molar-refractivity contribution in [1.29, 1.82) is 0 Å². The lowest BCUT2D eigenvalue weighted by Gasteiger charge is -2.12. The van der Waals surface area contributed by atoms with Crippen LogP contribution in [-0.2, 0) is 4.79 Å². The molecule has 0 fully saturated rings. The van der Waals surface area contributed by atoms with Gasteiger partial charge in [0.25, 0.3) is 5.91 Å². The van der Waals surface area contributed by atoms with Crippen molar-refractivity contribution >= 4 is 29.7 Å². The summed E-state index contributed by atoms with van der Waals surface area (Å²) in [6.07, 6.45) is 1.45. The minimum absolute atomic E-state index is 0.164. The van der Waals surface area contributed by atoms with Gasteiger partial charge in [0.2, 0.25) is 0 Å². The summed E-state index contributed by atoms with van der Waals surface area (Å²) in [7, 11) is 1.46. The zero-order valence-corrected chi connectivity index (χ0v) is 20.8. The number of hydrazone groups is 1. The van der Waals surface area contributed by atoms with Crippen molar-refractivity contribution in [3.63, 3.8) is 0 Å². The quantitative estimate of drug-likeness (QED) is 0.183. The molecule has 0 atom stereocenters. The first kappa shape index (κ1) is 25.8. The lowest BCUT2D eigenvalue weighted by molar-refractivity contribution is -0.123. The van der Waals surface area contributed by atoms with Gasteiger partial charge in [-0.05, 0) is 78.1 Å². The number of rotatable bonds is 9. The third-order valence-corrected chi connectivity index (χ3v) is 5.36. The van der Waals surface area contributed by atoms with Gasteiger partial charge in [-0.2, -0.15) is 5.10 Å². The number of benzene rings is 3.